The molecule has 9 rings (SSSR count). The number of aliphatic hydroxyl groups excluding tert-OH is 1. The summed E-state index contributed by atoms with van der Waals surface area (Å²) in [7, 11) is 0. The number of likely N-dealkylation sites (tertiary alicyclic amines) is 1. The second-order valence-corrected chi connectivity index (χ2v) is 17.4. The summed E-state index contributed by atoms with van der Waals surface area (Å²) >= 11 is 2.68. The number of aromatic hydroxyl groups is 1. The zero-order chi connectivity index (χ0) is 39.1. The average molecular weight is 811 g/mol. The summed E-state index contributed by atoms with van der Waals surface area (Å²) in [5.41, 5.74) is 4.34. The van der Waals surface area contributed by atoms with E-state index in [1.165, 1.54) is 51.5 Å². The lowest BCUT2D eigenvalue weighted by molar-refractivity contribution is -0.167. The van der Waals surface area contributed by atoms with E-state index in [9.17, 15) is 24.9 Å². The van der Waals surface area contributed by atoms with Gasteiger partial charge in [-0.15, -0.1) is 27.8 Å². The highest BCUT2D eigenvalue weighted by Crippen LogP contribution is 2.41. The monoisotopic (exact) mass is 810 g/mol. The van der Waals surface area contributed by atoms with Gasteiger partial charge in [-0.05, 0) is 108 Å². The van der Waals surface area contributed by atoms with E-state index in [0.29, 0.717) is 52.3 Å². The van der Waals surface area contributed by atoms with Gasteiger partial charge in [0.15, 0.2) is 0 Å². The standard InChI is InChI=1S/C42H46N6O7S2/c49-33-11-9-29(30-10-12-37(51)44-38(30)33)34(50)24-43-23-26-21-32-39(31-6-1-5-28(26)31)48(46-45-32)16-4-15-47-17-13-41(14-18-47)22-27(25-54-41)55-40(52)42(53,35-7-2-19-56-35)36-8-3-20-57-36/h2-3,7-12,19-21,27,34,43,49-50,53H,1,4-6,13-18,22-25H2,(H,44,51)/t27?,34-/m0/s1. The Kier molecular flexibility index (Phi) is 10.5. The van der Waals surface area contributed by atoms with Crippen LogP contribution in [0.1, 0.15) is 70.2 Å². The molecular formula is C42H46N6O7S2. The number of esters is 1. The van der Waals surface area contributed by atoms with Crippen molar-refractivity contribution in [1.82, 2.24) is 30.2 Å². The Balaban J connectivity index is 0.774. The van der Waals surface area contributed by atoms with Crippen LogP contribution in [0.3, 0.4) is 0 Å². The zero-order valence-corrected chi connectivity index (χ0v) is 33.1. The van der Waals surface area contributed by atoms with Gasteiger partial charge in [0.25, 0.3) is 0 Å². The van der Waals surface area contributed by atoms with Crippen molar-refractivity contribution in [2.45, 2.75) is 81.4 Å². The number of phenols is 1. The minimum absolute atomic E-state index is 0.0322. The van der Waals surface area contributed by atoms with Crippen molar-refractivity contribution < 1.29 is 29.6 Å². The van der Waals surface area contributed by atoms with Crippen LogP contribution in [0.25, 0.3) is 21.9 Å². The van der Waals surface area contributed by atoms with Crippen LogP contribution < -0.4 is 10.9 Å². The molecule has 57 heavy (non-hydrogen) atoms. The van der Waals surface area contributed by atoms with Gasteiger partial charge in [0.2, 0.25) is 11.2 Å². The number of pyridine rings is 1. The summed E-state index contributed by atoms with van der Waals surface area (Å²) in [6, 6.07) is 15.5. The molecule has 0 amide bonds. The van der Waals surface area contributed by atoms with Crippen LogP contribution in [-0.2, 0) is 45.8 Å². The molecule has 3 aliphatic rings. The molecule has 1 unspecified atom stereocenters. The minimum atomic E-state index is -1.82. The smallest absolute Gasteiger partial charge is 0.349 e. The highest BCUT2D eigenvalue weighted by Gasteiger charge is 2.48. The normalized spacial score (nSPS) is 18.8. The third-order valence-electron chi connectivity index (χ3n) is 12.0. The van der Waals surface area contributed by atoms with Gasteiger partial charge in [-0.3, -0.25) is 4.79 Å². The number of fused-ring (bicyclic) bond motifs is 4. The van der Waals surface area contributed by atoms with E-state index >= 15 is 0 Å². The second kappa shape index (κ2) is 15.7. The molecule has 1 aliphatic carbocycles. The number of H-pyrrole nitrogens is 1. The van der Waals surface area contributed by atoms with E-state index in [2.05, 4.69) is 36.3 Å². The number of aliphatic hydroxyl groups is 2. The Morgan fingerprint density at radius 1 is 1.07 bits per heavy atom. The largest absolute Gasteiger partial charge is 0.506 e. The SMILES string of the molecule is O=C(OC1COC2(CCN(CCCn3nnc4cc(CNC[C@H](O)c5ccc(O)c6[nH]c(=O)ccc56)c5c(c43)CCC5)CC2)C1)C(O)(c1cccs1)c1cccs1. The number of piperidine rings is 1. The first-order valence-electron chi connectivity index (χ1n) is 19.7. The summed E-state index contributed by atoms with van der Waals surface area (Å²) in [6.07, 6.45) is 5.11. The molecule has 2 aromatic carbocycles. The van der Waals surface area contributed by atoms with E-state index in [0.717, 1.165) is 75.7 Å². The zero-order valence-electron chi connectivity index (χ0n) is 31.5. The molecule has 2 fully saturated rings. The van der Waals surface area contributed by atoms with E-state index in [1.54, 1.807) is 24.3 Å². The molecule has 1 spiro atoms. The van der Waals surface area contributed by atoms with E-state index < -0.39 is 23.8 Å². The first-order valence-corrected chi connectivity index (χ1v) is 21.4. The van der Waals surface area contributed by atoms with Crippen LogP contribution in [0, 0.1) is 0 Å². The number of carbonyl (C=O) groups excluding carboxylic acids is 1. The van der Waals surface area contributed by atoms with Crippen molar-refractivity contribution in [3.05, 3.63) is 108 Å². The predicted molar refractivity (Wildman–Crippen MR) is 218 cm³/mol. The number of phenolic OH excluding ortho intramolecular Hbond substituents is 1. The topological polar surface area (TPSA) is 175 Å². The number of hydrogen-bond donors (Lipinski definition) is 5. The average Bonchev–Trinajstić information content (AvgIpc) is 4.07. The molecule has 6 heterocycles. The van der Waals surface area contributed by atoms with Crippen LogP contribution >= 0.6 is 22.7 Å². The number of aromatic nitrogens is 4. The number of benzene rings is 2. The Morgan fingerprint density at radius 2 is 1.84 bits per heavy atom. The van der Waals surface area contributed by atoms with Crippen molar-refractivity contribution in [2.24, 2.45) is 0 Å². The lowest BCUT2D eigenvalue weighted by atomic mass is 9.88. The van der Waals surface area contributed by atoms with Crippen molar-refractivity contribution in [3.8, 4) is 5.75 Å². The van der Waals surface area contributed by atoms with Crippen LogP contribution in [-0.4, -0.2) is 90.7 Å². The lowest BCUT2D eigenvalue weighted by Crippen LogP contribution is -2.45. The van der Waals surface area contributed by atoms with Crippen molar-refractivity contribution in [3.63, 3.8) is 0 Å². The lowest BCUT2D eigenvalue weighted by Gasteiger charge is -2.38. The first-order chi connectivity index (χ1) is 27.7. The quantitative estimate of drug-likeness (QED) is 0.100. The Labute approximate surface area is 336 Å². The molecule has 0 bridgehead atoms. The van der Waals surface area contributed by atoms with Crippen molar-refractivity contribution in [1.29, 1.82) is 0 Å². The van der Waals surface area contributed by atoms with Gasteiger partial charge in [0.1, 0.15) is 17.4 Å². The number of aryl methyl sites for hydroxylation is 2. The summed E-state index contributed by atoms with van der Waals surface area (Å²) in [6.45, 7) is 4.71. The third kappa shape index (κ3) is 7.30. The molecule has 298 valence electrons. The second-order valence-electron chi connectivity index (χ2n) is 15.5. The highest BCUT2D eigenvalue weighted by atomic mass is 32.1. The van der Waals surface area contributed by atoms with Gasteiger partial charge in [-0.25, -0.2) is 9.48 Å². The molecule has 5 N–H and O–H groups in total. The number of aromatic amines is 1. The minimum Gasteiger partial charge on any atom is -0.506 e. The van der Waals surface area contributed by atoms with E-state index in [1.807, 2.05) is 22.9 Å². The molecule has 2 atom stereocenters. The Bertz CT molecular complexity index is 2400. The number of nitrogens with zero attached hydrogens (tertiary/aromatic N) is 4. The third-order valence-corrected chi connectivity index (χ3v) is 14.0. The first kappa shape index (κ1) is 38.1. The Hall–Kier alpha value is -4.48. The fourth-order valence-electron chi connectivity index (χ4n) is 9.05. The summed E-state index contributed by atoms with van der Waals surface area (Å²) < 4.78 is 14.4. The number of hydrogen-bond acceptors (Lipinski definition) is 13. The number of thiophene rings is 2. The van der Waals surface area contributed by atoms with Gasteiger partial charge in [0, 0.05) is 50.6 Å². The summed E-state index contributed by atoms with van der Waals surface area (Å²) in [5.74, 6) is -0.679. The molecule has 2 saturated heterocycles. The van der Waals surface area contributed by atoms with Crippen molar-refractivity contribution in [2.75, 3.05) is 32.8 Å². The number of rotatable bonds is 13. The fraction of sp³-hybridized carbons (Fsp3) is 0.429. The molecule has 0 saturated carbocycles. The van der Waals surface area contributed by atoms with Crippen LogP contribution in [0.4, 0.5) is 0 Å². The maximum atomic E-state index is 13.5. The van der Waals surface area contributed by atoms with Crippen LogP contribution in [0.15, 0.2) is 70.2 Å². The maximum Gasteiger partial charge on any atom is 0.349 e. The predicted octanol–water partition coefficient (Wildman–Crippen LogP) is 4.91. The van der Waals surface area contributed by atoms with Gasteiger partial charge in [-0.1, -0.05) is 23.4 Å². The van der Waals surface area contributed by atoms with Crippen molar-refractivity contribution >= 4 is 50.6 Å². The number of ether oxygens (including phenoxy) is 2. The summed E-state index contributed by atoms with van der Waals surface area (Å²) in [4.78, 5) is 31.6. The molecule has 13 nitrogen and oxygen atoms in total. The fourth-order valence-corrected chi connectivity index (χ4v) is 10.8. The van der Waals surface area contributed by atoms with Crippen LogP contribution in [0.5, 0.6) is 5.75 Å². The molecule has 2 aliphatic heterocycles. The maximum absolute atomic E-state index is 13.5. The van der Waals surface area contributed by atoms with Gasteiger partial charge >= 0.3 is 5.97 Å². The van der Waals surface area contributed by atoms with Gasteiger partial charge in [0.05, 0.1) is 39.1 Å². The van der Waals surface area contributed by atoms with E-state index in [4.69, 9.17) is 9.47 Å². The summed E-state index contributed by atoms with van der Waals surface area (Å²) in [5, 5.41) is 49.9. The molecule has 15 heteroatoms. The number of carbonyl (C=O) groups is 1. The molecule has 4 aromatic heterocycles. The number of nitrogens with one attached hydrogen (secondary N) is 2. The highest BCUT2D eigenvalue weighted by molar-refractivity contribution is 7.12. The Morgan fingerprint density at radius 3 is 2.60 bits per heavy atom. The molecular weight excluding hydrogens is 765 g/mol. The molecule has 6 aromatic rings. The van der Waals surface area contributed by atoms with Crippen LogP contribution in [0.2, 0.25) is 0 Å². The molecule has 0 radical (unpaired) electrons. The van der Waals surface area contributed by atoms with E-state index in [-0.39, 0.29) is 16.9 Å². The van der Waals surface area contributed by atoms with Gasteiger partial charge < -0.3 is 40.0 Å². The van der Waals surface area contributed by atoms with Gasteiger partial charge in [-0.2, -0.15) is 0 Å².